The van der Waals surface area contributed by atoms with E-state index in [1.165, 1.54) is 7.11 Å². The van der Waals surface area contributed by atoms with Crippen LogP contribution in [0.2, 0.25) is 5.02 Å². The maximum Gasteiger partial charge on any atom is 0.336 e. The average molecular weight is 435 g/mol. The fraction of sp³-hybridized carbons (Fsp3) is 0.409. The molecule has 7 nitrogen and oxygen atoms in total. The topological polar surface area (TPSA) is 93.7 Å². The zero-order chi connectivity index (χ0) is 22.6. The molecule has 2 rings (SSSR count). The minimum atomic E-state index is -0.712. The molecule has 0 bridgehead atoms. The largest absolute Gasteiger partial charge is 0.466 e. The van der Waals surface area contributed by atoms with Crippen molar-refractivity contribution in [3.63, 3.8) is 0 Å². The van der Waals surface area contributed by atoms with Crippen LogP contribution in [0.25, 0.3) is 0 Å². The molecule has 1 heterocycles. The van der Waals surface area contributed by atoms with E-state index in [2.05, 4.69) is 10.6 Å². The van der Waals surface area contributed by atoms with Crippen molar-refractivity contribution in [1.29, 1.82) is 0 Å². The van der Waals surface area contributed by atoms with Crippen molar-refractivity contribution in [1.82, 2.24) is 10.6 Å². The molecule has 1 amide bonds. The Morgan fingerprint density at radius 1 is 1.13 bits per heavy atom. The Kier molecular flexibility index (Phi) is 7.31. The number of halogens is 1. The summed E-state index contributed by atoms with van der Waals surface area (Å²) in [5, 5.41) is 6.13. The van der Waals surface area contributed by atoms with Gasteiger partial charge in [0.2, 0.25) is 5.91 Å². The number of hydrogen-bond donors (Lipinski definition) is 2. The van der Waals surface area contributed by atoms with Gasteiger partial charge in [-0.3, -0.25) is 9.59 Å². The number of allylic oxidation sites excluding steroid dienone is 2. The smallest absolute Gasteiger partial charge is 0.336 e. The van der Waals surface area contributed by atoms with Crippen LogP contribution >= 0.6 is 11.6 Å². The number of hydrogen-bond acceptors (Lipinski definition) is 6. The zero-order valence-corrected chi connectivity index (χ0v) is 18.8. The monoisotopic (exact) mass is 434 g/mol. The molecule has 1 aliphatic rings. The number of nitrogens with one attached hydrogen (secondary N) is 2. The molecule has 1 aliphatic heterocycles. The molecule has 8 heteroatoms. The normalized spacial score (nSPS) is 16.7. The molecule has 1 atom stereocenters. The summed E-state index contributed by atoms with van der Waals surface area (Å²) in [6, 6.07) is 6.93. The highest BCUT2D eigenvalue weighted by Gasteiger charge is 2.37. The number of dihydropyridines is 1. The quantitative estimate of drug-likeness (QED) is 0.691. The van der Waals surface area contributed by atoms with E-state index >= 15 is 0 Å². The van der Waals surface area contributed by atoms with Gasteiger partial charge in [0.05, 0.1) is 18.6 Å². The second-order valence-corrected chi connectivity index (χ2v) is 8.39. The summed E-state index contributed by atoms with van der Waals surface area (Å²) in [5.74, 6) is -2.33. The zero-order valence-electron chi connectivity index (χ0n) is 18.0. The number of carbonyl (C=O) groups is 3. The molecule has 0 radical (unpaired) electrons. The minimum Gasteiger partial charge on any atom is -0.466 e. The molecule has 1 aromatic rings. The molecular weight excluding hydrogens is 408 g/mol. The first-order chi connectivity index (χ1) is 13.9. The van der Waals surface area contributed by atoms with Crippen LogP contribution in [0.5, 0.6) is 0 Å². The SMILES string of the molecule is COC(=O)C1=C(C)NC(C)=C(C(=O)NCC(=O)OC(C)(C)C)C1c1cccc(Cl)c1. The van der Waals surface area contributed by atoms with Crippen LogP contribution in [0.3, 0.4) is 0 Å². The van der Waals surface area contributed by atoms with Crippen molar-refractivity contribution in [2.45, 2.75) is 46.1 Å². The first-order valence-corrected chi connectivity index (χ1v) is 9.84. The van der Waals surface area contributed by atoms with Crippen molar-refractivity contribution >= 4 is 29.4 Å². The molecular formula is C22H27ClN2O5. The van der Waals surface area contributed by atoms with Crippen LogP contribution in [0.15, 0.2) is 46.8 Å². The van der Waals surface area contributed by atoms with Crippen molar-refractivity contribution in [2.75, 3.05) is 13.7 Å². The predicted octanol–water partition coefficient (Wildman–Crippen LogP) is 3.21. The summed E-state index contributed by atoms with van der Waals surface area (Å²) < 4.78 is 10.2. The van der Waals surface area contributed by atoms with Gasteiger partial charge in [-0.1, -0.05) is 23.7 Å². The van der Waals surface area contributed by atoms with Crippen LogP contribution < -0.4 is 10.6 Å². The third kappa shape index (κ3) is 5.63. The number of ether oxygens (including phenoxy) is 2. The second-order valence-electron chi connectivity index (χ2n) is 7.95. The maximum atomic E-state index is 13.1. The highest BCUT2D eigenvalue weighted by atomic mass is 35.5. The molecule has 2 N–H and O–H groups in total. The van der Waals surface area contributed by atoms with E-state index in [0.717, 1.165) is 0 Å². The van der Waals surface area contributed by atoms with Gasteiger partial charge in [0, 0.05) is 22.0 Å². The van der Waals surface area contributed by atoms with Gasteiger partial charge < -0.3 is 20.1 Å². The van der Waals surface area contributed by atoms with Crippen LogP contribution in [0, 0.1) is 0 Å². The highest BCUT2D eigenvalue weighted by molar-refractivity contribution is 6.30. The van der Waals surface area contributed by atoms with Crippen LogP contribution in [0.1, 0.15) is 46.1 Å². The lowest BCUT2D eigenvalue weighted by Crippen LogP contribution is -2.39. The van der Waals surface area contributed by atoms with Gasteiger partial charge >= 0.3 is 11.9 Å². The van der Waals surface area contributed by atoms with E-state index in [1.807, 2.05) is 0 Å². The van der Waals surface area contributed by atoms with Crippen molar-refractivity contribution < 1.29 is 23.9 Å². The van der Waals surface area contributed by atoms with Gasteiger partial charge in [-0.25, -0.2) is 4.79 Å². The summed E-state index contributed by atoms with van der Waals surface area (Å²) in [6.07, 6.45) is 0. The Labute approximate surface area is 181 Å². The number of rotatable bonds is 5. The standard InChI is InChI=1S/C22H27ClN2O5/c1-12-17(20(27)24-11-16(26)30-22(3,4)5)19(14-8-7-9-15(23)10-14)18(13(2)25-12)21(28)29-6/h7-10,19,25H,11H2,1-6H3,(H,24,27). The van der Waals surface area contributed by atoms with Crippen LogP contribution in [0.4, 0.5) is 0 Å². The van der Waals surface area contributed by atoms with Gasteiger partial charge in [0.25, 0.3) is 0 Å². The lowest BCUT2D eigenvalue weighted by atomic mass is 9.80. The summed E-state index contributed by atoms with van der Waals surface area (Å²) >= 11 is 6.16. The van der Waals surface area contributed by atoms with Gasteiger partial charge in [-0.15, -0.1) is 0 Å². The molecule has 162 valence electrons. The Morgan fingerprint density at radius 2 is 1.77 bits per heavy atom. The number of methoxy groups -OCH3 is 1. The van der Waals surface area contributed by atoms with Crippen molar-refractivity contribution in [3.05, 3.63) is 57.4 Å². The van der Waals surface area contributed by atoms with E-state index in [-0.39, 0.29) is 6.54 Å². The lowest BCUT2D eigenvalue weighted by molar-refractivity contribution is -0.154. The molecule has 0 saturated carbocycles. The lowest BCUT2D eigenvalue weighted by Gasteiger charge is -2.31. The summed E-state index contributed by atoms with van der Waals surface area (Å²) in [7, 11) is 1.28. The Hall–Kier alpha value is -2.80. The van der Waals surface area contributed by atoms with Crippen LogP contribution in [-0.2, 0) is 23.9 Å². The van der Waals surface area contributed by atoms with Gasteiger partial charge in [0.1, 0.15) is 12.1 Å². The van der Waals surface area contributed by atoms with Crippen molar-refractivity contribution in [2.24, 2.45) is 0 Å². The number of carbonyl (C=O) groups excluding carboxylic acids is 3. The molecule has 0 aromatic heterocycles. The molecule has 0 saturated heterocycles. The number of benzene rings is 1. The molecule has 0 fully saturated rings. The summed E-state index contributed by atoms with van der Waals surface area (Å²) in [5.41, 5.74) is 1.73. The average Bonchev–Trinajstić information content (AvgIpc) is 2.63. The van der Waals surface area contributed by atoms with Crippen molar-refractivity contribution in [3.8, 4) is 0 Å². The van der Waals surface area contributed by atoms with Crippen LogP contribution in [-0.4, -0.2) is 37.1 Å². The molecule has 0 aliphatic carbocycles. The first kappa shape index (κ1) is 23.5. The molecule has 30 heavy (non-hydrogen) atoms. The van der Waals surface area contributed by atoms with E-state index in [9.17, 15) is 14.4 Å². The number of esters is 2. The second kappa shape index (κ2) is 9.34. The summed E-state index contributed by atoms with van der Waals surface area (Å²) in [4.78, 5) is 37.7. The van der Waals surface area contributed by atoms with E-state index in [4.69, 9.17) is 21.1 Å². The minimum absolute atomic E-state index is 0.298. The summed E-state index contributed by atoms with van der Waals surface area (Å²) in [6.45, 7) is 8.41. The Bertz CT molecular complexity index is 928. The molecule has 1 unspecified atom stereocenters. The number of amides is 1. The third-order valence-electron chi connectivity index (χ3n) is 4.41. The van der Waals surface area contributed by atoms with Gasteiger partial charge in [0.15, 0.2) is 0 Å². The van der Waals surface area contributed by atoms with E-state index in [1.54, 1.807) is 58.9 Å². The highest BCUT2D eigenvalue weighted by Crippen LogP contribution is 2.39. The maximum absolute atomic E-state index is 13.1. The van der Waals surface area contributed by atoms with E-state index in [0.29, 0.717) is 33.1 Å². The van der Waals surface area contributed by atoms with Gasteiger partial charge in [-0.2, -0.15) is 0 Å². The fourth-order valence-corrected chi connectivity index (χ4v) is 3.52. The Balaban J connectivity index is 2.42. The van der Waals surface area contributed by atoms with E-state index < -0.39 is 29.4 Å². The Morgan fingerprint density at radius 3 is 2.33 bits per heavy atom. The molecule has 0 spiro atoms. The third-order valence-corrected chi connectivity index (χ3v) is 4.64. The predicted molar refractivity (Wildman–Crippen MR) is 114 cm³/mol. The fourth-order valence-electron chi connectivity index (χ4n) is 3.32. The molecule has 1 aromatic carbocycles. The first-order valence-electron chi connectivity index (χ1n) is 9.47. The van der Waals surface area contributed by atoms with Gasteiger partial charge in [-0.05, 0) is 52.3 Å².